The van der Waals surface area contributed by atoms with Gasteiger partial charge < -0.3 is 10.6 Å². The maximum Gasteiger partial charge on any atom is 0.208 e. The topological polar surface area (TPSA) is 78.9 Å². The summed E-state index contributed by atoms with van der Waals surface area (Å²) in [6.07, 6.45) is 0.566. The highest BCUT2D eigenvalue weighted by Gasteiger charge is 2.14. The summed E-state index contributed by atoms with van der Waals surface area (Å²) in [4.78, 5) is 2.12. The van der Waals surface area contributed by atoms with Crippen molar-refractivity contribution in [3.63, 3.8) is 0 Å². The predicted octanol–water partition coefficient (Wildman–Crippen LogP) is 1.39. The molecule has 0 bridgehead atoms. The van der Waals surface area contributed by atoms with Gasteiger partial charge in [0.25, 0.3) is 0 Å². The molecule has 0 aliphatic carbocycles. The van der Waals surface area contributed by atoms with Crippen LogP contribution < -0.4 is 10.6 Å². The molecule has 0 atom stereocenters. The number of anilines is 1. The van der Waals surface area contributed by atoms with Gasteiger partial charge in [-0.1, -0.05) is 11.3 Å². The van der Waals surface area contributed by atoms with Gasteiger partial charge in [0.2, 0.25) is 5.13 Å². The summed E-state index contributed by atoms with van der Waals surface area (Å²) >= 11 is 1.57. The van der Waals surface area contributed by atoms with Crippen molar-refractivity contribution < 1.29 is 0 Å². The minimum Gasteiger partial charge on any atom is -0.388 e. The van der Waals surface area contributed by atoms with Crippen LogP contribution in [0.3, 0.4) is 0 Å². The molecule has 5 nitrogen and oxygen atoms in total. The molecule has 0 unspecified atom stereocenters. The van der Waals surface area contributed by atoms with E-state index in [0.717, 1.165) is 16.7 Å². The fourth-order valence-corrected chi connectivity index (χ4v) is 2.06. The van der Waals surface area contributed by atoms with Gasteiger partial charge in [-0.05, 0) is 20.8 Å². The van der Waals surface area contributed by atoms with Gasteiger partial charge in [-0.25, -0.2) is 0 Å². The number of aromatic nitrogens is 2. The monoisotopic (exact) mass is 227 g/mol. The van der Waals surface area contributed by atoms with Gasteiger partial charge in [0.15, 0.2) is 0 Å². The molecule has 84 valence electrons. The second-order valence-corrected chi connectivity index (χ2v) is 4.83. The van der Waals surface area contributed by atoms with Gasteiger partial charge in [0.1, 0.15) is 5.01 Å². The molecule has 6 heteroatoms. The third kappa shape index (κ3) is 3.47. The number of nitrogens with two attached hydrogens (primary N) is 1. The quantitative estimate of drug-likeness (QED) is 0.588. The van der Waals surface area contributed by atoms with E-state index in [4.69, 9.17) is 11.1 Å². The Kier molecular flexibility index (Phi) is 4.02. The Morgan fingerprint density at radius 1 is 1.53 bits per heavy atom. The van der Waals surface area contributed by atoms with Crippen LogP contribution in [0.5, 0.6) is 0 Å². The first kappa shape index (κ1) is 11.9. The van der Waals surface area contributed by atoms with E-state index in [9.17, 15) is 0 Å². The van der Waals surface area contributed by atoms with Crippen LogP contribution in [0.25, 0.3) is 0 Å². The number of hydrogen-bond donors (Lipinski definition) is 2. The molecule has 0 saturated heterocycles. The number of aryl methyl sites for hydroxylation is 1. The lowest BCUT2D eigenvalue weighted by Crippen LogP contribution is -2.33. The first-order valence-electron chi connectivity index (χ1n) is 4.90. The predicted molar refractivity (Wildman–Crippen MR) is 63.7 cm³/mol. The van der Waals surface area contributed by atoms with Crippen LogP contribution >= 0.6 is 11.3 Å². The number of hydrogen-bond acceptors (Lipinski definition) is 5. The normalized spacial score (nSPS) is 10.7. The highest BCUT2D eigenvalue weighted by atomic mass is 32.1. The molecule has 0 amide bonds. The molecule has 1 aromatic rings. The number of rotatable bonds is 5. The Morgan fingerprint density at radius 2 is 2.20 bits per heavy atom. The Balaban J connectivity index is 2.70. The Morgan fingerprint density at radius 3 is 2.60 bits per heavy atom. The highest BCUT2D eigenvalue weighted by molar-refractivity contribution is 7.15. The summed E-state index contributed by atoms with van der Waals surface area (Å²) < 4.78 is 0. The molecule has 0 saturated carbocycles. The maximum atomic E-state index is 7.21. The van der Waals surface area contributed by atoms with E-state index in [0.29, 0.717) is 12.5 Å². The number of amidine groups is 1. The summed E-state index contributed by atoms with van der Waals surface area (Å²) in [5.74, 6) is 0.210. The molecule has 0 aromatic carbocycles. The summed E-state index contributed by atoms with van der Waals surface area (Å²) in [7, 11) is 0. The van der Waals surface area contributed by atoms with Crippen LogP contribution in [0.15, 0.2) is 0 Å². The lowest BCUT2D eigenvalue weighted by Gasteiger charge is -2.25. The van der Waals surface area contributed by atoms with Crippen LogP contribution in [-0.2, 0) is 0 Å². The van der Waals surface area contributed by atoms with Crippen molar-refractivity contribution >= 4 is 22.3 Å². The summed E-state index contributed by atoms with van der Waals surface area (Å²) in [5, 5.41) is 17.2. The van der Waals surface area contributed by atoms with Crippen LogP contribution in [0.1, 0.15) is 25.3 Å². The average molecular weight is 227 g/mol. The van der Waals surface area contributed by atoms with Gasteiger partial charge in [-0.3, -0.25) is 5.41 Å². The SMILES string of the molecule is Cc1nnc(N(CCC(=N)N)C(C)C)s1. The van der Waals surface area contributed by atoms with Crippen LogP contribution in [-0.4, -0.2) is 28.6 Å². The zero-order valence-corrected chi connectivity index (χ0v) is 10.1. The first-order chi connectivity index (χ1) is 7.00. The van der Waals surface area contributed by atoms with Crippen LogP contribution in [0.4, 0.5) is 5.13 Å². The standard InChI is InChI=1S/C9H17N5S/c1-6(2)14(5-4-8(10)11)9-13-12-7(3)15-9/h6H,4-5H2,1-3H3,(H3,10,11). The largest absolute Gasteiger partial charge is 0.388 e. The lowest BCUT2D eigenvalue weighted by atomic mass is 10.3. The third-order valence-electron chi connectivity index (χ3n) is 2.01. The fraction of sp³-hybridized carbons (Fsp3) is 0.667. The molecule has 0 spiro atoms. The molecule has 0 aliphatic heterocycles. The van der Waals surface area contributed by atoms with Gasteiger partial charge in [-0.2, -0.15) is 0 Å². The van der Waals surface area contributed by atoms with E-state index >= 15 is 0 Å². The Hall–Kier alpha value is -1.17. The summed E-state index contributed by atoms with van der Waals surface area (Å²) in [6, 6.07) is 0.344. The Labute approximate surface area is 93.8 Å². The van der Waals surface area contributed by atoms with Crippen molar-refractivity contribution in [1.82, 2.24) is 10.2 Å². The van der Waals surface area contributed by atoms with Crippen molar-refractivity contribution in [2.45, 2.75) is 33.2 Å². The molecule has 15 heavy (non-hydrogen) atoms. The number of nitrogens with one attached hydrogen (secondary N) is 1. The van der Waals surface area contributed by atoms with Crippen molar-refractivity contribution in [1.29, 1.82) is 5.41 Å². The summed E-state index contributed by atoms with van der Waals surface area (Å²) in [6.45, 7) is 6.85. The minimum absolute atomic E-state index is 0.210. The van der Waals surface area contributed by atoms with Gasteiger partial charge in [-0.15, -0.1) is 10.2 Å². The smallest absolute Gasteiger partial charge is 0.208 e. The second kappa shape index (κ2) is 5.06. The van der Waals surface area contributed by atoms with Crippen LogP contribution in [0.2, 0.25) is 0 Å². The zero-order valence-electron chi connectivity index (χ0n) is 9.32. The summed E-state index contributed by atoms with van der Waals surface area (Å²) in [5.41, 5.74) is 5.35. The molecule has 0 aliphatic rings. The van der Waals surface area contributed by atoms with Gasteiger partial charge in [0, 0.05) is 19.0 Å². The fourth-order valence-electron chi connectivity index (χ4n) is 1.22. The molecular formula is C9H17N5S. The molecule has 0 radical (unpaired) electrons. The molecule has 0 fully saturated rings. The number of nitrogens with zero attached hydrogens (tertiary/aromatic N) is 3. The van der Waals surface area contributed by atoms with Gasteiger partial charge in [0.05, 0.1) is 5.84 Å². The van der Waals surface area contributed by atoms with Crippen molar-refractivity contribution in [2.75, 3.05) is 11.4 Å². The molecule has 1 aromatic heterocycles. The van der Waals surface area contributed by atoms with E-state index in [1.54, 1.807) is 11.3 Å². The van der Waals surface area contributed by atoms with Crippen LogP contribution in [0, 0.1) is 12.3 Å². The molecule has 1 heterocycles. The van der Waals surface area contributed by atoms with E-state index < -0.39 is 0 Å². The molecule has 3 N–H and O–H groups in total. The Bertz CT molecular complexity index is 333. The maximum absolute atomic E-state index is 7.21. The zero-order chi connectivity index (χ0) is 11.4. The van der Waals surface area contributed by atoms with E-state index in [-0.39, 0.29) is 5.84 Å². The highest BCUT2D eigenvalue weighted by Crippen LogP contribution is 2.21. The molecular weight excluding hydrogens is 210 g/mol. The van der Waals surface area contributed by atoms with E-state index in [1.165, 1.54) is 0 Å². The van der Waals surface area contributed by atoms with Crippen molar-refractivity contribution in [3.8, 4) is 0 Å². The average Bonchev–Trinajstić information content (AvgIpc) is 2.51. The lowest BCUT2D eigenvalue weighted by molar-refractivity contribution is 0.682. The van der Waals surface area contributed by atoms with E-state index in [2.05, 4.69) is 28.9 Å². The molecule has 1 rings (SSSR count). The van der Waals surface area contributed by atoms with E-state index in [1.807, 2.05) is 6.92 Å². The van der Waals surface area contributed by atoms with Crippen molar-refractivity contribution in [2.24, 2.45) is 5.73 Å². The minimum atomic E-state index is 0.210. The van der Waals surface area contributed by atoms with Crippen molar-refractivity contribution in [3.05, 3.63) is 5.01 Å². The first-order valence-corrected chi connectivity index (χ1v) is 5.72. The van der Waals surface area contributed by atoms with Gasteiger partial charge >= 0.3 is 0 Å². The third-order valence-corrected chi connectivity index (χ3v) is 2.88. The second-order valence-electron chi connectivity index (χ2n) is 3.67.